The first-order valence-corrected chi connectivity index (χ1v) is 6.51. The molecule has 2 amide bonds. The van der Waals surface area contributed by atoms with Crippen molar-refractivity contribution in [3.05, 3.63) is 30.3 Å². The molecule has 20 heavy (non-hydrogen) atoms. The lowest BCUT2D eigenvalue weighted by molar-refractivity contribution is 0.201. The standard InChI is InChI=1S/C13H17N5O2/c1-3-18(4-2)13(19)15-9-11-16-17-12(20-11)10-7-5-6-8-14-10/h5-8H,3-4,9H2,1-2H3,(H,15,19). The molecule has 0 aromatic carbocycles. The Morgan fingerprint density at radius 3 is 2.75 bits per heavy atom. The Bertz CT molecular complexity index is 551. The zero-order chi connectivity index (χ0) is 14.4. The average Bonchev–Trinajstić information content (AvgIpc) is 2.96. The third-order valence-electron chi connectivity index (χ3n) is 2.79. The fourth-order valence-corrected chi connectivity index (χ4v) is 1.69. The molecule has 1 N–H and O–H groups in total. The predicted molar refractivity (Wildman–Crippen MR) is 72.7 cm³/mol. The number of hydrogen-bond donors (Lipinski definition) is 1. The van der Waals surface area contributed by atoms with E-state index in [1.165, 1.54) is 0 Å². The number of carbonyl (C=O) groups is 1. The summed E-state index contributed by atoms with van der Waals surface area (Å²) in [6.07, 6.45) is 1.65. The maximum Gasteiger partial charge on any atom is 0.317 e. The predicted octanol–water partition coefficient (Wildman–Crippen LogP) is 1.68. The summed E-state index contributed by atoms with van der Waals surface area (Å²) in [4.78, 5) is 17.6. The highest BCUT2D eigenvalue weighted by atomic mass is 16.4. The molecule has 2 rings (SSSR count). The molecule has 0 aliphatic rings. The first kappa shape index (κ1) is 14.0. The quantitative estimate of drug-likeness (QED) is 0.897. The van der Waals surface area contributed by atoms with Crippen LogP contribution in [0.3, 0.4) is 0 Å². The van der Waals surface area contributed by atoms with E-state index < -0.39 is 0 Å². The second-order valence-corrected chi connectivity index (χ2v) is 4.05. The monoisotopic (exact) mass is 275 g/mol. The minimum Gasteiger partial charge on any atom is -0.417 e. The number of urea groups is 1. The molecule has 106 valence electrons. The molecule has 0 fully saturated rings. The molecule has 2 heterocycles. The first-order valence-electron chi connectivity index (χ1n) is 6.51. The number of pyridine rings is 1. The summed E-state index contributed by atoms with van der Waals surface area (Å²) >= 11 is 0. The lowest BCUT2D eigenvalue weighted by Gasteiger charge is -2.18. The van der Waals surface area contributed by atoms with E-state index in [9.17, 15) is 4.79 Å². The van der Waals surface area contributed by atoms with Gasteiger partial charge in [0.1, 0.15) is 5.69 Å². The number of nitrogens with one attached hydrogen (secondary N) is 1. The normalized spacial score (nSPS) is 10.3. The van der Waals surface area contributed by atoms with Gasteiger partial charge in [-0.05, 0) is 26.0 Å². The van der Waals surface area contributed by atoms with Gasteiger partial charge in [-0.25, -0.2) is 4.79 Å². The van der Waals surface area contributed by atoms with E-state index in [1.807, 2.05) is 26.0 Å². The van der Waals surface area contributed by atoms with Crippen LogP contribution in [0, 0.1) is 0 Å². The van der Waals surface area contributed by atoms with Crippen molar-refractivity contribution in [2.24, 2.45) is 0 Å². The van der Waals surface area contributed by atoms with E-state index in [0.29, 0.717) is 30.6 Å². The Morgan fingerprint density at radius 2 is 2.10 bits per heavy atom. The average molecular weight is 275 g/mol. The van der Waals surface area contributed by atoms with Gasteiger partial charge in [-0.1, -0.05) is 6.07 Å². The first-order chi connectivity index (χ1) is 9.74. The van der Waals surface area contributed by atoms with Gasteiger partial charge in [-0.3, -0.25) is 4.98 Å². The molecule has 2 aromatic heterocycles. The fraction of sp³-hybridized carbons (Fsp3) is 0.385. The van der Waals surface area contributed by atoms with Crippen molar-refractivity contribution in [1.29, 1.82) is 0 Å². The van der Waals surface area contributed by atoms with Gasteiger partial charge < -0.3 is 14.6 Å². The Kier molecular flexibility index (Phi) is 4.65. The molecule has 0 aliphatic heterocycles. The summed E-state index contributed by atoms with van der Waals surface area (Å²) in [6.45, 7) is 5.37. The van der Waals surface area contributed by atoms with Crippen LogP contribution in [-0.2, 0) is 6.54 Å². The van der Waals surface area contributed by atoms with Crippen LogP contribution in [-0.4, -0.2) is 39.2 Å². The number of carbonyl (C=O) groups excluding carboxylic acids is 1. The molecule has 0 aliphatic carbocycles. The van der Waals surface area contributed by atoms with Crippen LogP contribution >= 0.6 is 0 Å². The second kappa shape index (κ2) is 6.65. The lowest BCUT2D eigenvalue weighted by atomic mass is 10.3. The number of nitrogens with zero attached hydrogens (tertiary/aromatic N) is 4. The SMILES string of the molecule is CCN(CC)C(=O)NCc1nnc(-c2ccccn2)o1. The van der Waals surface area contributed by atoms with Crippen molar-refractivity contribution in [3.63, 3.8) is 0 Å². The van der Waals surface area contributed by atoms with Gasteiger partial charge in [-0.2, -0.15) is 0 Å². The zero-order valence-corrected chi connectivity index (χ0v) is 11.5. The van der Waals surface area contributed by atoms with Gasteiger partial charge in [0.25, 0.3) is 5.89 Å². The number of aromatic nitrogens is 3. The zero-order valence-electron chi connectivity index (χ0n) is 11.5. The van der Waals surface area contributed by atoms with Crippen molar-refractivity contribution in [3.8, 4) is 11.6 Å². The third kappa shape index (κ3) is 3.31. The molecule has 2 aromatic rings. The van der Waals surface area contributed by atoms with E-state index in [0.717, 1.165) is 0 Å². The van der Waals surface area contributed by atoms with Crippen molar-refractivity contribution >= 4 is 6.03 Å². The van der Waals surface area contributed by atoms with E-state index in [4.69, 9.17) is 4.42 Å². The van der Waals surface area contributed by atoms with Crippen LogP contribution in [0.5, 0.6) is 0 Å². The fourth-order valence-electron chi connectivity index (χ4n) is 1.69. The molecule has 0 bridgehead atoms. The van der Waals surface area contributed by atoms with Gasteiger partial charge in [0, 0.05) is 19.3 Å². The number of rotatable bonds is 5. The highest BCUT2D eigenvalue weighted by Crippen LogP contribution is 2.13. The molecule has 0 atom stereocenters. The maximum absolute atomic E-state index is 11.8. The van der Waals surface area contributed by atoms with E-state index in [1.54, 1.807) is 17.2 Å². The summed E-state index contributed by atoms with van der Waals surface area (Å²) in [5, 5.41) is 10.5. The van der Waals surface area contributed by atoms with Crippen LogP contribution in [0.25, 0.3) is 11.6 Å². The smallest absolute Gasteiger partial charge is 0.317 e. The Morgan fingerprint density at radius 1 is 1.30 bits per heavy atom. The number of hydrogen-bond acceptors (Lipinski definition) is 5. The van der Waals surface area contributed by atoms with Gasteiger partial charge >= 0.3 is 6.03 Å². The molecule has 0 unspecified atom stereocenters. The van der Waals surface area contributed by atoms with Crippen molar-refractivity contribution in [1.82, 2.24) is 25.4 Å². The molecule has 0 saturated carbocycles. The lowest BCUT2D eigenvalue weighted by Crippen LogP contribution is -2.39. The van der Waals surface area contributed by atoms with Crippen LogP contribution in [0.4, 0.5) is 4.79 Å². The van der Waals surface area contributed by atoms with Crippen LogP contribution in [0.2, 0.25) is 0 Å². The summed E-state index contributed by atoms with van der Waals surface area (Å²) < 4.78 is 5.45. The third-order valence-corrected chi connectivity index (χ3v) is 2.79. The number of amides is 2. The van der Waals surface area contributed by atoms with Crippen LogP contribution < -0.4 is 5.32 Å². The second-order valence-electron chi connectivity index (χ2n) is 4.05. The Hall–Kier alpha value is -2.44. The van der Waals surface area contributed by atoms with Crippen molar-refractivity contribution in [2.45, 2.75) is 20.4 Å². The van der Waals surface area contributed by atoms with Gasteiger partial charge in [0.05, 0.1) is 6.54 Å². The topological polar surface area (TPSA) is 84.2 Å². The van der Waals surface area contributed by atoms with Gasteiger partial charge in [-0.15, -0.1) is 10.2 Å². The highest BCUT2D eigenvalue weighted by Gasteiger charge is 2.12. The maximum atomic E-state index is 11.8. The summed E-state index contributed by atoms with van der Waals surface area (Å²) in [5.74, 6) is 0.698. The molecule has 7 heteroatoms. The van der Waals surface area contributed by atoms with E-state index >= 15 is 0 Å². The van der Waals surface area contributed by atoms with Gasteiger partial charge in [0.2, 0.25) is 5.89 Å². The highest BCUT2D eigenvalue weighted by molar-refractivity contribution is 5.73. The minimum absolute atomic E-state index is 0.146. The van der Waals surface area contributed by atoms with Crippen molar-refractivity contribution < 1.29 is 9.21 Å². The Labute approximate surface area is 117 Å². The molecular formula is C13H17N5O2. The molecular weight excluding hydrogens is 258 g/mol. The van der Waals surface area contributed by atoms with E-state index in [2.05, 4.69) is 20.5 Å². The molecule has 0 radical (unpaired) electrons. The molecule has 0 spiro atoms. The largest absolute Gasteiger partial charge is 0.417 e. The molecule has 7 nitrogen and oxygen atoms in total. The summed E-state index contributed by atoms with van der Waals surface area (Å²) in [6, 6.07) is 5.29. The van der Waals surface area contributed by atoms with Crippen LogP contribution in [0.1, 0.15) is 19.7 Å². The van der Waals surface area contributed by atoms with E-state index in [-0.39, 0.29) is 12.6 Å². The summed E-state index contributed by atoms with van der Waals surface area (Å²) in [7, 11) is 0. The molecule has 0 saturated heterocycles. The summed E-state index contributed by atoms with van der Waals surface area (Å²) in [5.41, 5.74) is 0.612. The van der Waals surface area contributed by atoms with Crippen LogP contribution in [0.15, 0.2) is 28.8 Å². The Balaban J connectivity index is 1.95. The van der Waals surface area contributed by atoms with Gasteiger partial charge in [0.15, 0.2) is 0 Å². The minimum atomic E-state index is -0.146. The van der Waals surface area contributed by atoms with Crippen molar-refractivity contribution in [2.75, 3.05) is 13.1 Å².